The van der Waals surface area contributed by atoms with Crippen molar-refractivity contribution in [2.75, 3.05) is 6.61 Å². The highest BCUT2D eigenvalue weighted by molar-refractivity contribution is 4.61. The van der Waals surface area contributed by atoms with Crippen molar-refractivity contribution in [1.82, 2.24) is 0 Å². The van der Waals surface area contributed by atoms with Crippen LogP contribution in [-0.4, -0.2) is 12.7 Å². The zero-order valence-corrected chi connectivity index (χ0v) is 10.2. The fourth-order valence-corrected chi connectivity index (χ4v) is 1.36. The van der Waals surface area contributed by atoms with Gasteiger partial charge >= 0.3 is 0 Å². The van der Waals surface area contributed by atoms with Gasteiger partial charge in [-0.1, -0.05) is 41.0 Å². The minimum atomic E-state index is 0.601. The summed E-state index contributed by atoms with van der Waals surface area (Å²) in [7, 11) is 0. The molecular formula is C12H28O. The first kappa shape index (κ1) is 15.4. The Labute approximate surface area is 84.9 Å². The number of hydrogen-bond acceptors (Lipinski definition) is 1. The minimum absolute atomic E-state index is 0.601. The van der Waals surface area contributed by atoms with E-state index >= 15 is 0 Å². The van der Waals surface area contributed by atoms with Crippen molar-refractivity contribution in [2.24, 2.45) is 0 Å². The van der Waals surface area contributed by atoms with E-state index in [0.717, 1.165) is 6.61 Å². The van der Waals surface area contributed by atoms with Crippen LogP contribution in [0.2, 0.25) is 0 Å². The summed E-state index contributed by atoms with van der Waals surface area (Å²) in [6.45, 7) is 11.2. The lowest BCUT2D eigenvalue weighted by atomic mass is 10.1. The van der Waals surface area contributed by atoms with Gasteiger partial charge in [-0.3, -0.25) is 0 Å². The monoisotopic (exact) mass is 188 g/mol. The second kappa shape index (κ2) is 14.5. The van der Waals surface area contributed by atoms with Gasteiger partial charge in [-0.05, 0) is 25.7 Å². The maximum Gasteiger partial charge on any atom is 0.0575 e. The molecule has 1 aliphatic rings. The van der Waals surface area contributed by atoms with E-state index in [4.69, 9.17) is 4.74 Å². The van der Waals surface area contributed by atoms with E-state index in [1.807, 2.05) is 27.7 Å². The SMILES string of the molecule is CC.CC.CCCC1CCCCO1. The molecule has 0 amide bonds. The van der Waals surface area contributed by atoms with Gasteiger partial charge in [-0.2, -0.15) is 0 Å². The van der Waals surface area contributed by atoms with Gasteiger partial charge in [0.1, 0.15) is 0 Å². The van der Waals surface area contributed by atoms with Crippen molar-refractivity contribution in [3.63, 3.8) is 0 Å². The van der Waals surface area contributed by atoms with Gasteiger partial charge in [-0.25, -0.2) is 0 Å². The number of hydrogen-bond donors (Lipinski definition) is 0. The zero-order valence-electron chi connectivity index (χ0n) is 10.2. The van der Waals surface area contributed by atoms with Gasteiger partial charge in [0.25, 0.3) is 0 Å². The largest absolute Gasteiger partial charge is 0.378 e. The molecule has 13 heavy (non-hydrogen) atoms. The normalized spacial score (nSPS) is 20.5. The van der Waals surface area contributed by atoms with Crippen LogP contribution in [0.25, 0.3) is 0 Å². The summed E-state index contributed by atoms with van der Waals surface area (Å²) in [6.07, 6.45) is 7.09. The topological polar surface area (TPSA) is 9.23 Å². The highest BCUT2D eigenvalue weighted by atomic mass is 16.5. The van der Waals surface area contributed by atoms with Crippen LogP contribution in [0, 0.1) is 0 Å². The molecule has 0 saturated carbocycles. The highest BCUT2D eigenvalue weighted by Gasteiger charge is 2.11. The van der Waals surface area contributed by atoms with E-state index in [-0.39, 0.29) is 0 Å². The molecule has 1 heteroatoms. The third kappa shape index (κ3) is 9.88. The van der Waals surface area contributed by atoms with Crippen LogP contribution in [0.5, 0.6) is 0 Å². The molecule has 0 aromatic rings. The Kier molecular flexibility index (Phi) is 17.2. The fourth-order valence-electron chi connectivity index (χ4n) is 1.36. The Morgan fingerprint density at radius 2 is 1.69 bits per heavy atom. The summed E-state index contributed by atoms with van der Waals surface area (Å²) < 4.78 is 5.52. The van der Waals surface area contributed by atoms with E-state index in [9.17, 15) is 0 Å². The molecule has 0 aliphatic carbocycles. The molecule has 0 spiro atoms. The smallest absolute Gasteiger partial charge is 0.0575 e. The van der Waals surface area contributed by atoms with Crippen LogP contribution in [0.4, 0.5) is 0 Å². The molecular weight excluding hydrogens is 160 g/mol. The second-order valence-corrected chi connectivity index (χ2v) is 2.78. The number of rotatable bonds is 2. The zero-order chi connectivity index (χ0) is 10.5. The maximum absolute atomic E-state index is 5.52. The Bertz CT molecular complexity index is 62.8. The van der Waals surface area contributed by atoms with Crippen molar-refractivity contribution < 1.29 is 4.74 Å². The summed E-state index contributed by atoms with van der Waals surface area (Å²) >= 11 is 0. The van der Waals surface area contributed by atoms with Crippen molar-refractivity contribution in [1.29, 1.82) is 0 Å². The summed E-state index contributed by atoms with van der Waals surface area (Å²) in [4.78, 5) is 0. The Hall–Kier alpha value is -0.0400. The average Bonchev–Trinajstić information content (AvgIpc) is 2.26. The van der Waals surface area contributed by atoms with E-state index in [2.05, 4.69) is 6.92 Å². The third-order valence-electron chi connectivity index (χ3n) is 1.88. The Morgan fingerprint density at radius 3 is 2.08 bits per heavy atom. The minimum Gasteiger partial charge on any atom is -0.378 e. The maximum atomic E-state index is 5.52. The average molecular weight is 188 g/mol. The molecule has 1 atom stereocenters. The van der Waals surface area contributed by atoms with E-state index in [1.54, 1.807) is 0 Å². The van der Waals surface area contributed by atoms with Crippen molar-refractivity contribution in [3.05, 3.63) is 0 Å². The predicted molar refractivity (Wildman–Crippen MR) is 61.2 cm³/mol. The summed E-state index contributed by atoms with van der Waals surface area (Å²) in [5.41, 5.74) is 0. The van der Waals surface area contributed by atoms with E-state index in [1.165, 1.54) is 32.1 Å². The van der Waals surface area contributed by atoms with Gasteiger partial charge in [0.2, 0.25) is 0 Å². The third-order valence-corrected chi connectivity index (χ3v) is 1.88. The number of ether oxygens (including phenoxy) is 1. The first-order chi connectivity index (χ1) is 6.43. The van der Waals surface area contributed by atoms with Gasteiger partial charge in [-0.15, -0.1) is 0 Å². The molecule has 1 fully saturated rings. The molecule has 1 unspecified atom stereocenters. The molecule has 0 N–H and O–H groups in total. The van der Waals surface area contributed by atoms with Gasteiger partial charge in [0.15, 0.2) is 0 Å². The molecule has 1 nitrogen and oxygen atoms in total. The molecule has 1 heterocycles. The Balaban J connectivity index is 0. The van der Waals surface area contributed by atoms with Crippen LogP contribution in [-0.2, 0) is 4.74 Å². The van der Waals surface area contributed by atoms with Crippen LogP contribution < -0.4 is 0 Å². The van der Waals surface area contributed by atoms with Crippen molar-refractivity contribution in [3.8, 4) is 0 Å². The molecule has 1 saturated heterocycles. The van der Waals surface area contributed by atoms with Crippen LogP contribution in [0.3, 0.4) is 0 Å². The summed E-state index contributed by atoms with van der Waals surface area (Å²) in [5.74, 6) is 0. The molecule has 0 radical (unpaired) electrons. The van der Waals surface area contributed by atoms with Gasteiger partial charge < -0.3 is 4.74 Å². The first-order valence-electron chi connectivity index (χ1n) is 6.05. The summed E-state index contributed by atoms with van der Waals surface area (Å²) in [5, 5.41) is 0. The lowest BCUT2D eigenvalue weighted by Gasteiger charge is -2.21. The van der Waals surface area contributed by atoms with Crippen molar-refractivity contribution >= 4 is 0 Å². The quantitative estimate of drug-likeness (QED) is 0.624. The predicted octanol–water partition coefficient (Wildman–Crippen LogP) is 4.41. The van der Waals surface area contributed by atoms with Gasteiger partial charge in [0.05, 0.1) is 6.10 Å². The molecule has 1 rings (SSSR count). The van der Waals surface area contributed by atoms with Gasteiger partial charge in [0, 0.05) is 6.61 Å². The molecule has 0 bridgehead atoms. The van der Waals surface area contributed by atoms with Crippen LogP contribution in [0.1, 0.15) is 66.7 Å². The van der Waals surface area contributed by atoms with Crippen LogP contribution >= 0.6 is 0 Å². The first-order valence-corrected chi connectivity index (χ1v) is 6.05. The lowest BCUT2D eigenvalue weighted by Crippen LogP contribution is -2.18. The molecule has 82 valence electrons. The lowest BCUT2D eigenvalue weighted by molar-refractivity contribution is 0.0109. The molecule has 0 aromatic carbocycles. The Morgan fingerprint density at radius 1 is 1.08 bits per heavy atom. The molecule has 0 aromatic heterocycles. The van der Waals surface area contributed by atoms with E-state index < -0.39 is 0 Å². The molecule has 1 aliphatic heterocycles. The van der Waals surface area contributed by atoms with E-state index in [0.29, 0.717) is 6.10 Å². The second-order valence-electron chi connectivity index (χ2n) is 2.78. The van der Waals surface area contributed by atoms with Crippen molar-refractivity contribution in [2.45, 2.75) is 72.8 Å². The summed E-state index contributed by atoms with van der Waals surface area (Å²) in [6, 6.07) is 0. The highest BCUT2D eigenvalue weighted by Crippen LogP contribution is 2.16. The van der Waals surface area contributed by atoms with Crippen LogP contribution in [0.15, 0.2) is 0 Å². The standard InChI is InChI=1S/C8H16O.2C2H6/c1-2-5-8-6-3-4-7-9-8;2*1-2/h8H,2-7H2,1H3;2*1-2H3. The fraction of sp³-hybridized carbons (Fsp3) is 1.00.